The van der Waals surface area contributed by atoms with E-state index >= 15 is 0 Å². The fourth-order valence-corrected chi connectivity index (χ4v) is 2.02. The van der Waals surface area contributed by atoms with Gasteiger partial charge in [0, 0.05) is 31.9 Å². The third-order valence-corrected chi connectivity index (χ3v) is 3.25. The lowest BCUT2D eigenvalue weighted by Crippen LogP contribution is -2.13. The molecule has 2 rings (SSSR count). The molecule has 21 heavy (non-hydrogen) atoms. The fourth-order valence-electron chi connectivity index (χ4n) is 2.02. The van der Waals surface area contributed by atoms with Gasteiger partial charge in [-0.25, -0.2) is 4.39 Å². The van der Waals surface area contributed by atoms with E-state index in [1.54, 1.807) is 18.2 Å². The topological polar surface area (TPSA) is 32.3 Å². The van der Waals surface area contributed by atoms with Gasteiger partial charge in [0.05, 0.1) is 0 Å². The first-order chi connectivity index (χ1) is 10.1. The van der Waals surface area contributed by atoms with Gasteiger partial charge in [-0.15, -0.1) is 0 Å². The second-order valence-electron chi connectivity index (χ2n) is 5.08. The van der Waals surface area contributed by atoms with E-state index < -0.39 is 0 Å². The van der Waals surface area contributed by atoms with Crippen LogP contribution in [0.4, 0.5) is 15.8 Å². The summed E-state index contributed by atoms with van der Waals surface area (Å²) < 4.78 is 13.5. The van der Waals surface area contributed by atoms with Crippen molar-refractivity contribution < 1.29 is 9.18 Å². The Balaban J connectivity index is 1.88. The lowest BCUT2D eigenvalue weighted by molar-refractivity contribution is -0.116. The summed E-state index contributed by atoms with van der Waals surface area (Å²) in [5.41, 5.74) is 2.38. The van der Waals surface area contributed by atoms with Crippen LogP contribution in [0.2, 0.25) is 0 Å². The normalized spacial score (nSPS) is 10.2. The van der Waals surface area contributed by atoms with E-state index in [1.165, 1.54) is 6.07 Å². The minimum absolute atomic E-state index is 0.115. The zero-order chi connectivity index (χ0) is 15.2. The SMILES string of the molecule is CN(C)c1ccc(NC(=O)CCc2ccccc2F)cc1. The molecule has 110 valence electrons. The summed E-state index contributed by atoms with van der Waals surface area (Å²) in [6, 6.07) is 14.1. The Morgan fingerprint density at radius 1 is 1.10 bits per heavy atom. The number of carbonyl (C=O) groups is 1. The molecule has 0 aromatic heterocycles. The molecule has 0 spiro atoms. The van der Waals surface area contributed by atoms with Gasteiger partial charge in [-0.2, -0.15) is 0 Å². The van der Waals surface area contributed by atoms with Crippen molar-refractivity contribution in [2.24, 2.45) is 0 Å². The van der Waals surface area contributed by atoms with Crippen molar-refractivity contribution in [3.8, 4) is 0 Å². The van der Waals surface area contributed by atoms with Gasteiger partial charge in [0.1, 0.15) is 5.82 Å². The number of nitrogens with one attached hydrogen (secondary N) is 1. The Morgan fingerprint density at radius 3 is 2.38 bits per heavy atom. The number of nitrogens with zero attached hydrogens (tertiary/aromatic N) is 1. The summed E-state index contributed by atoms with van der Waals surface area (Å²) in [4.78, 5) is 13.9. The zero-order valence-electron chi connectivity index (χ0n) is 12.3. The van der Waals surface area contributed by atoms with Crippen molar-refractivity contribution in [1.29, 1.82) is 0 Å². The minimum atomic E-state index is -0.263. The summed E-state index contributed by atoms with van der Waals surface area (Å²) in [6.45, 7) is 0. The van der Waals surface area contributed by atoms with Crippen LogP contribution in [0.3, 0.4) is 0 Å². The van der Waals surface area contributed by atoms with Crippen LogP contribution in [0.25, 0.3) is 0 Å². The molecule has 0 saturated carbocycles. The number of anilines is 2. The Bertz CT molecular complexity index is 608. The van der Waals surface area contributed by atoms with Gasteiger partial charge in [-0.1, -0.05) is 18.2 Å². The Hall–Kier alpha value is -2.36. The molecule has 1 N–H and O–H groups in total. The Morgan fingerprint density at radius 2 is 1.76 bits per heavy atom. The van der Waals surface area contributed by atoms with Gasteiger partial charge >= 0.3 is 0 Å². The molecular formula is C17H19FN2O. The predicted molar refractivity (Wildman–Crippen MR) is 84.1 cm³/mol. The molecule has 0 radical (unpaired) electrons. The number of halogens is 1. The predicted octanol–water partition coefficient (Wildman–Crippen LogP) is 3.46. The molecule has 0 atom stereocenters. The lowest BCUT2D eigenvalue weighted by atomic mass is 10.1. The molecular weight excluding hydrogens is 267 g/mol. The maximum Gasteiger partial charge on any atom is 0.224 e. The number of benzene rings is 2. The second-order valence-corrected chi connectivity index (χ2v) is 5.08. The zero-order valence-corrected chi connectivity index (χ0v) is 12.3. The quantitative estimate of drug-likeness (QED) is 0.913. The van der Waals surface area contributed by atoms with E-state index in [0.717, 1.165) is 11.4 Å². The van der Waals surface area contributed by atoms with Gasteiger partial charge in [-0.3, -0.25) is 4.79 Å². The Kier molecular flexibility index (Phi) is 4.93. The van der Waals surface area contributed by atoms with E-state index in [2.05, 4.69) is 5.32 Å². The minimum Gasteiger partial charge on any atom is -0.378 e. The lowest BCUT2D eigenvalue weighted by Gasteiger charge is -2.13. The highest BCUT2D eigenvalue weighted by molar-refractivity contribution is 5.91. The summed E-state index contributed by atoms with van der Waals surface area (Å²) in [6.07, 6.45) is 0.657. The van der Waals surface area contributed by atoms with Crippen LogP contribution < -0.4 is 10.2 Å². The van der Waals surface area contributed by atoms with Gasteiger partial charge < -0.3 is 10.2 Å². The number of rotatable bonds is 5. The second kappa shape index (κ2) is 6.88. The summed E-state index contributed by atoms with van der Waals surface area (Å²) in [5, 5.41) is 2.82. The van der Waals surface area contributed by atoms with E-state index in [9.17, 15) is 9.18 Å². The van der Waals surface area contributed by atoms with Gasteiger partial charge in [0.15, 0.2) is 0 Å². The van der Waals surface area contributed by atoms with E-state index in [0.29, 0.717) is 12.0 Å². The molecule has 3 nitrogen and oxygen atoms in total. The molecule has 0 unspecified atom stereocenters. The molecule has 0 aliphatic rings. The summed E-state index contributed by atoms with van der Waals surface area (Å²) in [7, 11) is 3.92. The molecule has 2 aromatic rings. The Labute approximate surface area is 124 Å². The highest BCUT2D eigenvalue weighted by Crippen LogP contribution is 2.16. The first kappa shape index (κ1) is 15.0. The third kappa shape index (κ3) is 4.31. The van der Waals surface area contributed by atoms with E-state index in [-0.39, 0.29) is 18.1 Å². The molecule has 0 bridgehead atoms. The fraction of sp³-hybridized carbons (Fsp3) is 0.235. The maximum atomic E-state index is 13.5. The van der Waals surface area contributed by atoms with E-state index in [4.69, 9.17) is 0 Å². The number of hydrogen-bond donors (Lipinski definition) is 1. The van der Waals surface area contributed by atoms with E-state index in [1.807, 2.05) is 43.3 Å². The summed E-state index contributed by atoms with van der Waals surface area (Å²) in [5.74, 6) is -0.378. The van der Waals surface area contributed by atoms with Crippen molar-refractivity contribution in [1.82, 2.24) is 0 Å². The highest BCUT2D eigenvalue weighted by atomic mass is 19.1. The smallest absolute Gasteiger partial charge is 0.224 e. The third-order valence-electron chi connectivity index (χ3n) is 3.25. The molecule has 0 aliphatic heterocycles. The van der Waals surface area contributed by atoms with Crippen molar-refractivity contribution in [2.75, 3.05) is 24.3 Å². The van der Waals surface area contributed by atoms with Gasteiger partial charge in [0.2, 0.25) is 5.91 Å². The molecule has 0 saturated heterocycles. The van der Waals surface area contributed by atoms with Gasteiger partial charge in [-0.05, 0) is 42.3 Å². The molecule has 1 amide bonds. The van der Waals surface area contributed by atoms with Crippen LogP contribution in [0.1, 0.15) is 12.0 Å². The largest absolute Gasteiger partial charge is 0.378 e. The van der Waals surface area contributed by atoms with Crippen LogP contribution in [-0.4, -0.2) is 20.0 Å². The average Bonchev–Trinajstić information content (AvgIpc) is 2.47. The van der Waals surface area contributed by atoms with Crippen molar-refractivity contribution in [3.63, 3.8) is 0 Å². The maximum absolute atomic E-state index is 13.5. The van der Waals surface area contributed by atoms with Crippen molar-refractivity contribution >= 4 is 17.3 Å². The average molecular weight is 286 g/mol. The first-order valence-electron chi connectivity index (χ1n) is 6.87. The molecule has 4 heteroatoms. The highest BCUT2D eigenvalue weighted by Gasteiger charge is 2.06. The van der Waals surface area contributed by atoms with Crippen LogP contribution in [-0.2, 0) is 11.2 Å². The van der Waals surface area contributed by atoms with Crippen LogP contribution >= 0.6 is 0 Å². The van der Waals surface area contributed by atoms with Crippen molar-refractivity contribution in [2.45, 2.75) is 12.8 Å². The monoisotopic (exact) mass is 286 g/mol. The standard InChI is InChI=1S/C17H19FN2O/c1-20(2)15-10-8-14(9-11-15)19-17(21)12-7-13-5-3-4-6-16(13)18/h3-6,8-11H,7,12H2,1-2H3,(H,19,21). The number of carbonyl (C=O) groups excluding carboxylic acids is 1. The number of aryl methyl sites for hydroxylation is 1. The molecule has 0 aliphatic carbocycles. The molecule has 0 heterocycles. The van der Waals surface area contributed by atoms with Crippen LogP contribution in [0.5, 0.6) is 0 Å². The van der Waals surface area contributed by atoms with Crippen LogP contribution in [0, 0.1) is 5.82 Å². The first-order valence-corrected chi connectivity index (χ1v) is 6.87. The summed E-state index contributed by atoms with van der Waals surface area (Å²) >= 11 is 0. The van der Waals surface area contributed by atoms with Crippen molar-refractivity contribution in [3.05, 3.63) is 59.9 Å². The van der Waals surface area contributed by atoms with Crippen LogP contribution in [0.15, 0.2) is 48.5 Å². The molecule has 0 fully saturated rings. The number of amides is 1. The molecule has 2 aromatic carbocycles. The van der Waals surface area contributed by atoms with Gasteiger partial charge in [0.25, 0.3) is 0 Å². The number of hydrogen-bond acceptors (Lipinski definition) is 2.